The maximum Gasteiger partial charge on any atom is 0.343 e. The summed E-state index contributed by atoms with van der Waals surface area (Å²) in [6, 6.07) is 2.09. The Bertz CT molecular complexity index is 780. The summed E-state index contributed by atoms with van der Waals surface area (Å²) in [5.74, 6) is 0.578. The predicted molar refractivity (Wildman–Crippen MR) is 85.9 cm³/mol. The number of nitriles is 1. The highest BCUT2D eigenvalue weighted by atomic mass is 32.2. The molecule has 0 aliphatic carbocycles. The zero-order valence-electron chi connectivity index (χ0n) is 13.3. The first-order valence-electron chi connectivity index (χ1n) is 6.87. The van der Waals surface area contributed by atoms with Crippen LogP contribution in [0.5, 0.6) is 0 Å². The molecule has 0 spiro atoms. The maximum absolute atomic E-state index is 12.0. The van der Waals surface area contributed by atoms with Crippen LogP contribution in [0.1, 0.15) is 34.2 Å². The number of carbonyl (C=O) groups excluding carboxylic acids is 1. The second kappa shape index (κ2) is 7.15. The molecule has 0 aromatic carbocycles. The Morgan fingerprint density at radius 1 is 1.52 bits per heavy atom. The molecule has 0 bridgehead atoms. The first kappa shape index (κ1) is 16.8. The lowest BCUT2D eigenvalue weighted by molar-refractivity contribution is 0.0526. The number of furan rings is 1. The van der Waals surface area contributed by atoms with Gasteiger partial charge in [0.2, 0.25) is 5.88 Å². The molecule has 2 heterocycles. The minimum absolute atomic E-state index is 0.181. The Balaban J connectivity index is 2.47. The second-order valence-electron chi connectivity index (χ2n) is 4.56. The van der Waals surface area contributed by atoms with Crippen LogP contribution in [0.15, 0.2) is 15.8 Å². The van der Waals surface area contributed by atoms with Gasteiger partial charge in [-0.3, -0.25) is 0 Å². The van der Waals surface area contributed by atoms with E-state index in [1.54, 1.807) is 20.8 Å². The van der Waals surface area contributed by atoms with E-state index in [1.807, 2.05) is 6.26 Å². The molecule has 2 aromatic heterocycles. The molecule has 0 saturated heterocycles. The minimum atomic E-state index is -0.541. The van der Waals surface area contributed by atoms with Crippen LogP contribution in [-0.4, -0.2) is 28.8 Å². The Labute approximate surface area is 138 Å². The number of carbonyl (C=O) groups is 1. The van der Waals surface area contributed by atoms with Crippen LogP contribution in [0.25, 0.3) is 0 Å². The van der Waals surface area contributed by atoms with Crippen molar-refractivity contribution in [1.29, 1.82) is 5.26 Å². The van der Waals surface area contributed by atoms with Crippen molar-refractivity contribution in [3.05, 3.63) is 28.6 Å². The molecule has 1 N–H and O–H groups in total. The Morgan fingerprint density at radius 3 is 2.87 bits per heavy atom. The third-order valence-electron chi connectivity index (χ3n) is 3.17. The highest BCUT2D eigenvalue weighted by Gasteiger charge is 2.20. The van der Waals surface area contributed by atoms with Crippen LogP contribution < -0.4 is 5.32 Å². The van der Waals surface area contributed by atoms with Crippen LogP contribution in [0, 0.1) is 25.2 Å². The second-order valence-corrected chi connectivity index (χ2v) is 5.34. The van der Waals surface area contributed by atoms with Gasteiger partial charge in [0.05, 0.1) is 6.61 Å². The Morgan fingerprint density at radius 2 is 2.26 bits per heavy atom. The molecular weight excluding hydrogens is 316 g/mol. The first-order valence-corrected chi connectivity index (χ1v) is 8.09. The van der Waals surface area contributed by atoms with Crippen molar-refractivity contribution in [2.75, 3.05) is 18.2 Å². The van der Waals surface area contributed by atoms with Crippen molar-refractivity contribution in [2.24, 2.45) is 0 Å². The van der Waals surface area contributed by atoms with Crippen LogP contribution in [0.3, 0.4) is 0 Å². The summed E-state index contributed by atoms with van der Waals surface area (Å²) in [6.07, 6.45) is 3.22. The van der Waals surface area contributed by atoms with E-state index in [0.717, 1.165) is 5.56 Å². The highest BCUT2D eigenvalue weighted by molar-refractivity contribution is 7.98. The molecule has 0 amide bonds. The predicted octanol–water partition coefficient (Wildman–Crippen LogP) is 3.20. The smallest absolute Gasteiger partial charge is 0.343 e. The minimum Gasteiger partial charge on any atom is -0.462 e. The number of hydrogen-bond donors (Lipinski definition) is 1. The van der Waals surface area contributed by atoms with Gasteiger partial charge in [-0.25, -0.2) is 14.8 Å². The summed E-state index contributed by atoms with van der Waals surface area (Å²) >= 11 is 1.34. The van der Waals surface area contributed by atoms with Gasteiger partial charge in [0, 0.05) is 11.8 Å². The molecule has 0 aliphatic rings. The molecular formula is C15H16N4O3S. The van der Waals surface area contributed by atoms with Gasteiger partial charge in [-0.1, -0.05) is 11.8 Å². The number of nitrogens with zero attached hydrogens (tertiary/aromatic N) is 3. The van der Waals surface area contributed by atoms with Crippen molar-refractivity contribution in [3.63, 3.8) is 0 Å². The SMILES string of the molecule is CCOC(=O)c1cnc(SC)nc1Nc1oc(C)c(C)c1C#N. The number of nitrogens with one attached hydrogen (secondary N) is 1. The molecule has 0 atom stereocenters. The zero-order valence-corrected chi connectivity index (χ0v) is 14.1. The lowest BCUT2D eigenvalue weighted by atomic mass is 10.2. The Kier molecular flexibility index (Phi) is 5.24. The van der Waals surface area contributed by atoms with Crippen LogP contribution in [0.4, 0.5) is 11.7 Å². The summed E-state index contributed by atoms with van der Waals surface area (Å²) in [4.78, 5) is 20.4. The summed E-state index contributed by atoms with van der Waals surface area (Å²) in [6.45, 7) is 5.52. The van der Waals surface area contributed by atoms with Gasteiger partial charge >= 0.3 is 5.97 Å². The number of thioether (sulfide) groups is 1. The zero-order chi connectivity index (χ0) is 17.0. The largest absolute Gasteiger partial charge is 0.462 e. The first-order chi connectivity index (χ1) is 11.0. The summed E-state index contributed by atoms with van der Waals surface area (Å²) in [5.41, 5.74) is 1.30. The molecule has 0 aliphatic heterocycles. The van der Waals surface area contributed by atoms with Gasteiger partial charge in [-0.2, -0.15) is 5.26 Å². The fraction of sp³-hybridized carbons (Fsp3) is 0.333. The number of rotatable bonds is 5. The number of ether oxygens (including phenoxy) is 1. The molecule has 0 fully saturated rings. The number of aromatic nitrogens is 2. The molecule has 0 saturated carbocycles. The lowest BCUT2D eigenvalue weighted by Gasteiger charge is -2.09. The van der Waals surface area contributed by atoms with Crippen LogP contribution in [-0.2, 0) is 4.74 Å². The van der Waals surface area contributed by atoms with E-state index in [0.29, 0.717) is 16.5 Å². The van der Waals surface area contributed by atoms with Crippen molar-refractivity contribution in [2.45, 2.75) is 25.9 Å². The number of hydrogen-bond acceptors (Lipinski definition) is 8. The summed E-state index contributed by atoms with van der Waals surface area (Å²) in [5, 5.41) is 12.7. The van der Waals surface area contributed by atoms with E-state index in [9.17, 15) is 10.1 Å². The summed E-state index contributed by atoms with van der Waals surface area (Å²) in [7, 11) is 0. The van der Waals surface area contributed by atoms with E-state index in [2.05, 4.69) is 21.4 Å². The normalized spacial score (nSPS) is 10.2. The molecule has 7 nitrogen and oxygen atoms in total. The standard InChI is InChI=1S/C15H16N4O3S/c1-5-21-14(20)11-7-17-15(23-4)19-12(11)18-13-10(6-16)8(2)9(3)22-13/h7H,5H2,1-4H3,(H,17,18,19). The monoisotopic (exact) mass is 332 g/mol. The molecule has 2 rings (SSSR count). The van der Waals surface area contributed by atoms with Gasteiger partial charge in [0.1, 0.15) is 23.0 Å². The fourth-order valence-electron chi connectivity index (χ4n) is 1.87. The van der Waals surface area contributed by atoms with Gasteiger partial charge in [-0.15, -0.1) is 0 Å². The van der Waals surface area contributed by atoms with Gasteiger partial charge in [-0.05, 0) is 27.0 Å². The maximum atomic E-state index is 12.0. The molecule has 120 valence electrons. The van der Waals surface area contributed by atoms with Crippen molar-refractivity contribution >= 4 is 29.4 Å². The van der Waals surface area contributed by atoms with E-state index in [-0.39, 0.29) is 23.9 Å². The molecule has 2 aromatic rings. The van der Waals surface area contributed by atoms with Crippen molar-refractivity contribution in [3.8, 4) is 6.07 Å². The van der Waals surface area contributed by atoms with Crippen molar-refractivity contribution in [1.82, 2.24) is 9.97 Å². The van der Waals surface area contributed by atoms with Crippen LogP contribution >= 0.6 is 11.8 Å². The molecule has 23 heavy (non-hydrogen) atoms. The van der Waals surface area contributed by atoms with E-state index in [1.165, 1.54) is 18.0 Å². The van der Waals surface area contributed by atoms with E-state index in [4.69, 9.17) is 9.15 Å². The van der Waals surface area contributed by atoms with Crippen molar-refractivity contribution < 1.29 is 13.9 Å². The Hall–Kier alpha value is -2.53. The third kappa shape index (κ3) is 3.46. The lowest BCUT2D eigenvalue weighted by Crippen LogP contribution is -2.11. The molecule has 0 unspecified atom stereocenters. The molecule has 0 radical (unpaired) electrons. The molecule has 8 heteroatoms. The van der Waals surface area contributed by atoms with Gasteiger partial charge in [0.25, 0.3) is 0 Å². The number of esters is 1. The topological polar surface area (TPSA) is 101 Å². The van der Waals surface area contributed by atoms with Gasteiger partial charge in [0.15, 0.2) is 11.0 Å². The highest BCUT2D eigenvalue weighted by Crippen LogP contribution is 2.29. The number of aryl methyl sites for hydroxylation is 1. The third-order valence-corrected chi connectivity index (χ3v) is 3.74. The average Bonchev–Trinajstić information content (AvgIpc) is 2.81. The fourth-order valence-corrected chi connectivity index (χ4v) is 2.22. The summed E-state index contributed by atoms with van der Waals surface area (Å²) < 4.78 is 10.6. The number of anilines is 2. The van der Waals surface area contributed by atoms with Crippen LogP contribution in [0.2, 0.25) is 0 Å². The average molecular weight is 332 g/mol. The van der Waals surface area contributed by atoms with Gasteiger partial charge < -0.3 is 14.5 Å². The quantitative estimate of drug-likeness (QED) is 0.506. The van der Waals surface area contributed by atoms with E-state index >= 15 is 0 Å². The van der Waals surface area contributed by atoms with E-state index < -0.39 is 5.97 Å².